The highest BCUT2D eigenvalue weighted by molar-refractivity contribution is 5.73. The first-order chi connectivity index (χ1) is 5.68. The maximum absolute atomic E-state index is 10.2. The molecule has 0 bridgehead atoms. The Morgan fingerprint density at radius 1 is 1.67 bits per heavy atom. The Morgan fingerprint density at radius 3 is 2.92 bits per heavy atom. The van der Waals surface area contributed by atoms with Crippen molar-refractivity contribution in [2.45, 2.75) is 26.2 Å². The SMILES string of the molecule is CC1CCC(/C=N/NC(N)=O)C1. The smallest absolute Gasteiger partial charge is 0.332 e. The first-order valence-electron chi connectivity index (χ1n) is 4.27. The zero-order valence-electron chi connectivity index (χ0n) is 7.29. The van der Waals surface area contributed by atoms with E-state index in [9.17, 15) is 4.79 Å². The van der Waals surface area contributed by atoms with Gasteiger partial charge in [0, 0.05) is 6.21 Å². The third-order valence-electron chi connectivity index (χ3n) is 2.20. The first kappa shape index (κ1) is 9.03. The highest BCUT2D eigenvalue weighted by Crippen LogP contribution is 2.28. The summed E-state index contributed by atoms with van der Waals surface area (Å²) in [5.41, 5.74) is 7.04. The maximum atomic E-state index is 10.2. The van der Waals surface area contributed by atoms with Crippen molar-refractivity contribution >= 4 is 12.2 Å². The number of urea groups is 1. The molecule has 0 aromatic heterocycles. The summed E-state index contributed by atoms with van der Waals surface area (Å²) < 4.78 is 0. The lowest BCUT2D eigenvalue weighted by Gasteiger charge is -2.00. The fraction of sp³-hybridized carbons (Fsp3) is 0.750. The molecule has 0 aromatic rings. The van der Waals surface area contributed by atoms with Gasteiger partial charge in [-0.1, -0.05) is 13.3 Å². The van der Waals surface area contributed by atoms with E-state index in [-0.39, 0.29) is 0 Å². The van der Waals surface area contributed by atoms with Crippen LogP contribution < -0.4 is 11.2 Å². The third-order valence-corrected chi connectivity index (χ3v) is 2.20. The Balaban J connectivity index is 2.22. The quantitative estimate of drug-likeness (QED) is 0.471. The number of amides is 2. The van der Waals surface area contributed by atoms with Crippen molar-refractivity contribution < 1.29 is 4.79 Å². The monoisotopic (exact) mass is 169 g/mol. The van der Waals surface area contributed by atoms with Crippen LogP contribution in [0.1, 0.15) is 26.2 Å². The van der Waals surface area contributed by atoms with Crippen molar-refractivity contribution in [3.05, 3.63) is 0 Å². The molecular formula is C8H15N3O. The Morgan fingerprint density at radius 2 is 2.42 bits per heavy atom. The van der Waals surface area contributed by atoms with Crippen LogP contribution in [-0.2, 0) is 0 Å². The van der Waals surface area contributed by atoms with Crippen LogP contribution in [0.2, 0.25) is 0 Å². The molecule has 1 saturated carbocycles. The molecule has 0 aliphatic heterocycles. The molecule has 0 spiro atoms. The molecule has 1 rings (SSSR count). The number of hydrogen-bond acceptors (Lipinski definition) is 2. The summed E-state index contributed by atoms with van der Waals surface area (Å²) in [6.07, 6.45) is 5.39. The summed E-state index contributed by atoms with van der Waals surface area (Å²) in [7, 11) is 0. The van der Waals surface area contributed by atoms with Gasteiger partial charge in [-0.3, -0.25) is 0 Å². The van der Waals surface area contributed by atoms with Gasteiger partial charge in [-0.25, -0.2) is 10.2 Å². The Labute approximate surface area is 72.2 Å². The van der Waals surface area contributed by atoms with Gasteiger partial charge in [0.05, 0.1) is 0 Å². The van der Waals surface area contributed by atoms with E-state index in [0.29, 0.717) is 5.92 Å². The van der Waals surface area contributed by atoms with Crippen molar-refractivity contribution in [1.29, 1.82) is 0 Å². The fourth-order valence-electron chi connectivity index (χ4n) is 1.59. The molecule has 3 N–H and O–H groups in total. The van der Waals surface area contributed by atoms with Crippen molar-refractivity contribution in [2.24, 2.45) is 22.7 Å². The van der Waals surface area contributed by atoms with Crippen LogP contribution in [0.3, 0.4) is 0 Å². The average Bonchev–Trinajstić information content (AvgIpc) is 2.35. The molecule has 0 aromatic carbocycles. The molecule has 0 heterocycles. The highest BCUT2D eigenvalue weighted by atomic mass is 16.2. The van der Waals surface area contributed by atoms with Crippen molar-refractivity contribution in [2.75, 3.05) is 0 Å². The summed E-state index contributed by atoms with van der Waals surface area (Å²) in [5.74, 6) is 1.31. The van der Waals surface area contributed by atoms with E-state index in [1.54, 1.807) is 6.21 Å². The number of hydrazone groups is 1. The molecule has 68 valence electrons. The summed E-state index contributed by atoms with van der Waals surface area (Å²) >= 11 is 0. The van der Waals surface area contributed by atoms with Crippen LogP contribution in [0.4, 0.5) is 4.79 Å². The van der Waals surface area contributed by atoms with Crippen molar-refractivity contribution in [1.82, 2.24) is 5.43 Å². The Bertz CT molecular complexity index is 191. The number of nitrogens with two attached hydrogens (primary N) is 1. The zero-order chi connectivity index (χ0) is 8.97. The largest absolute Gasteiger partial charge is 0.350 e. The summed E-state index contributed by atoms with van der Waals surface area (Å²) in [5, 5.41) is 3.74. The molecule has 0 saturated heterocycles. The molecule has 4 nitrogen and oxygen atoms in total. The van der Waals surface area contributed by atoms with E-state index in [1.165, 1.54) is 19.3 Å². The van der Waals surface area contributed by atoms with Crippen LogP contribution in [-0.4, -0.2) is 12.2 Å². The minimum atomic E-state index is -0.600. The summed E-state index contributed by atoms with van der Waals surface area (Å²) in [6.45, 7) is 2.23. The topological polar surface area (TPSA) is 67.5 Å². The van der Waals surface area contributed by atoms with E-state index in [0.717, 1.165) is 5.92 Å². The molecule has 1 fully saturated rings. The summed E-state index contributed by atoms with van der Waals surface area (Å²) in [4.78, 5) is 10.2. The predicted molar refractivity (Wildman–Crippen MR) is 47.7 cm³/mol. The van der Waals surface area contributed by atoms with Gasteiger partial charge < -0.3 is 5.73 Å². The van der Waals surface area contributed by atoms with E-state index in [4.69, 9.17) is 5.73 Å². The number of primary amides is 1. The molecular weight excluding hydrogens is 154 g/mol. The van der Waals surface area contributed by atoms with Crippen molar-refractivity contribution in [3.63, 3.8) is 0 Å². The van der Waals surface area contributed by atoms with E-state index >= 15 is 0 Å². The first-order valence-corrected chi connectivity index (χ1v) is 4.27. The number of carbonyl (C=O) groups is 1. The number of rotatable bonds is 2. The Kier molecular flexibility index (Phi) is 3.08. The molecule has 2 unspecified atom stereocenters. The van der Waals surface area contributed by atoms with Gasteiger partial charge in [0.25, 0.3) is 0 Å². The highest BCUT2D eigenvalue weighted by Gasteiger charge is 2.19. The lowest BCUT2D eigenvalue weighted by Crippen LogP contribution is -2.24. The van der Waals surface area contributed by atoms with Crippen molar-refractivity contribution in [3.8, 4) is 0 Å². The molecule has 2 amide bonds. The molecule has 2 atom stereocenters. The van der Waals surface area contributed by atoms with E-state index < -0.39 is 6.03 Å². The lowest BCUT2D eigenvalue weighted by atomic mass is 10.1. The standard InChI is InChI=1S/C8H15N3O/c1-6-2-3-7(4-6)5-10-11-8(9)12/h5-7H,2-4H2,1H3,(H3,9,11,12)/b10-5+. The minimum absolute atomic E-state index is 0.520. The van der Waals surface area contributed by atoms with Gasteiger partial charge in [0.15, 0.2) is 0 Å². The van der Waals surface area contributed by atoms with Gasteiger partial charge >= 0.3 is 6.03 Å². The van der Waals surface area contributed by atoms with Crippen LogP contribution in [0, 0.1) is 11.8 Å². The Hall–Kier alpha value is -1.06. The molecule has 1 aliphatic carbocycles. The van der Waals surface area contributed by atoms with Crippen LogP contribution in [0.25, 0.3) is 0 Å². The average molecular weight is 169 g/mol. The molecule has 4 heteroatoms. The van der Waals surface area contributed by atoms with Gasteiger partial charge in [-0.2, -0.15) is 5.10 Å². The van der Waals surface area contributed by atoms with Crippen LogP contribution in [0.5, 0.6) is 0 Å². The predicted octanol–water partition coefficient (Wildman–Crippen LogP) is 1.08. The number of nitrogens with one attached hydrogen (secondary N) is 1. The van der Waals surface area contributed by atoms with Crippen LogP contribution >= 0.6 is 0 Å². The van der Waals surface area contributed by atoms with Crippen LogP contribution in [0.15, 0.2) is 5.10 Å². The lowest BCUT2D eigenvalue weighted by molar-refractivity contribution is 0.249. The zero-order valence-corrected chi connectivity index (χ0v) is 7.29. The number of nitrogens with zero attached hydrogens (tertiary/aromatic N) is 1. The maximum Gasteiger partial charge on any atom is 0.332 e. The van der Waals surface area contributed by atoms with E-state index in [1.807, 2.05) is 0 Å². The summed E-state index contributed by atoms with van der Waals surface area (Å²) in [6, 6.07) is -0.600. The fourth-order valence-corrected chi connectivity index (χ4v) is 1.59. The third kappa shape index (κ3) is 2.90. The molecule has 0 radical (unpaired) electrons. The normalized spacial score (nSPS) is 29.4. The van der Waals surface area contributed by atoms with Gasteiger partial charge in [0.2, 0.25) is 0 Å². The second kappa shape index (κ2) is 4.09. The van der Waals surface area contributed by atoms with Gasteiger partial charge in [-0.05, 0) is 24.7 Å². The number of carbonyl (C=O) groups excluding carboxylic acids is 1. The van der Waals surface area contributed by atoms with E-state index in [2.05, 4.69) is 17.5 Å². The second-order valence-electron chi connectivity index (χ2n) is 3.43. The second-order valence-corrected chi connectivity index (χ2v) is 3.43. The molecule has 1 aliphatic rings. The minimum Gasteiger partial charge on any atom is -0.350 e. The van der Waals surface area contributed by atoms with Gasteiger partial charge in [0.1, 0.15) is 0 Å². The number of hydrogen-bond donors (Lipinski definition) is 2. The van der Waals surface area contributed by atoms with Gasteiger partial charge in [-0.15, -0.1) is 0 Å². The molecule has 12 heavy (non-hydrogen) atoms.